The van der Waals surface area contributed by atoms with Crippen molar-refractivity contribution in [3.05, 3.63) is 17.2 Å². The van der Waals surface area contributed by atoms with Crippen molar-refractivity contribution in [2.45, 2.75) is 53.5 Å². The second kappa shape index (κ2) is 7.62. The van der Waals surface area contributed by atoms with Crippen LogP contribution >= 0.6 is 0 Å². The van der Waals surface area contributed by atoms with Crippen LogP contribution in [0.4, 0.5) is 0 Å². The summed E-state index contributed by atoms with van der Waals surface area (Å²) in [5.41, 5.74) is 1.41. The third-order valence-corrected chi connectivity index (χ3v) is 4.61. The van der Waals surface area contributed by atoms with Gasteiger partial charge in [-0.25, -0.2) is 4.98 Å². The van der Waals surface area contributed by atoms with E-state index >= 15 is 0 Å². The summed E-state index contributed by atoms with van der Waals surface area (Å²) in [6, 6.07) is 0. The van der Waals surface area contributed by atoms with Crippen LogP contribution in [0.5, 0.6) is 0 Å². The SMILES string of the molecule is CCN(CC)C(=O)c1nc(C(=O)N(CC)CC)n2c1CCCC2. The van der Waals surface area contributed by atoms with Crippen molar-refractivity contribution in [2.24, 2.45) is 0 Å². The molecule has 2 amide bonds. The van der Waals surface area contributed by atoms with Gasteiger partial charge in [-0.15, -0.1) is 0 Å². The molecule has 0 N–H and O–H groups in total. The predicted octanol–water partition coefficient (Wildman–Crippen LogP) is 2.18. The molecule has 0 aromatic carbocycles. The van der Waals surface area contributed by atoms with Gasteiger partial charge in [0.2, 0.25) is 0 Å². The molecule has 0 unspecified atom stereocenters. The van der Waals surface area contributed by atoms with Crippen LogP contribution in [0.1, 0.15) is 67.3 Å². The molecule has 23 heavy (non-hydrogen) atoms. The molecule has 0 fully saturated rings. The van der Waals surface area contributed by atoms with E-state index in [4.69, 9.17) is 0 Å². The zero-order valence-electron chi connectivity index (χ0n) is 14.8. The average Bonchev–Trinajstić information content (AvgIpc) is 2.96. The molecule has 0 bridgehead atoms. The number of aromatic nitrogens is 2. The van der Waals surface area contributed by atoms with Gasteiger partial charge in [0.1, 0.15) is 5.69 Å². The Hall–Kier alpha value is -1.85. The lowest BCUT2D eigenvalue weighted by Crippen LogP contribution is -2.33. The van der Waals surface area contributed by atoms with Crippen molar-refractivity contribution in [3.8, 4) is 0 Å². The van der Waals surface area contributed by atoms with Crippen LogP contribution in [0.25, 0.3) is 0 Å². The molecule has 1 aliphatic rings. The van der Waals surface area contributed by atoms with Gasteiger partial charge in [-0.1, -0.05) is 0 Å². The molecule has 0 aliphatic carbocycles. The quantitative estimate of drug-likeness (QED) is 0.807. The van der Waals surface area contributed by atoms with E-state index < -0.39 is 0 Å². The molecule has 1 aromatic rings. The van der Waals surface area contributed by atoms with Crippen LogP contribution in [-0.2, 0) is 13.0 Å². The Balaban J connectivity index is 2.46. The summed E-state index contributed by atoms with van der Waals surface area (Å²) >= 11 is 0. The first-order valence-corrected chi connectivity index (χ1v) is 8.76. The Morgan fingerprint density at radius 2 is 1.52 bits per heavy atom. The van der Waals surface area contributed by atoms with Crippen LogP contribution in [0, 0.1) is 0 Å². The van der Waals surface area contributed by atoms with E-state index in [1.54, 1.807) is 9.80 Å². The average molecular weight is 320 g/mol. The lowest BCUT2D eigenvalue weighted by Gasteiger charge is -2.21. The van der Waals surface area contributed by atoms with Crippen molar-refractivity contribution in [1.29, 1.82) is 0 Å². The van der Waals surface area contributed by atoms with Gasteiger partial charge in [0.25, 0.3) is 11.8 Å². The number of amides is 2. The normalized spacial score (nSPS) is 13.6. The van der Waals surface area contributed by atoms with E-state index in [2.05, 4.69) is 4.98 Å². The van der Waals surface area contributed by atoms with Crippen molar-refractivity contribution >= 4 is 11.8 Å². The molecule has 2 heterocycles. The van der Waals surface area contributed by atoms with Gasteiger partial charge in [0, 0.05) is 32.7 Å². The smallest absolute Gasteiger partial charge is 0.289 e. The van der Waals surface area contributed by atoms with Gasteiger partial charge >= 0.3 is 0 Å². The monoisotopic (exact) mass is 320 g/mol. The molecule has 1 aliphatic heterocycles. The number of hydrogen-bond acceptors (Lipinski definition) is 3. The summed E-state index contributed by atoms with van der Waals surface area (Å²) in [5, 5.41) is 0. The molecule has 0 saturated heterocycles. The largest absolute Gasteiger partial charge is 0.338 e. The van der Waals surface area contributed by atoms with Crippen LogP contribution < -0.4 is 0 Å². The Labute approximate surface area is 138 Å². The Kier molecular flexibility index (Phi) is 5.80. The van der Waals surface area contributed by atoms with Crippen molar-refractivity contribution in [1.82, 2.24) is 19.4 Å². The number of nitrogens with zero attached hydrogens (tertiary/aromatic N) is 4. The Bertz CT molecular complexity index is 523. The fourth-order valence-electron chi connectivity index (χ4n) is 3.19. The second-order valence-corrected chi connectivity index (χ2v) is 5.79. The highest BCUT2D eigenvalue weighted by atomic mass is 16.2. The summed E-state index contributed by atoms with van der Waals surface area (Å²) in [6.07, 6.45) is 2.89. The van der Waals surface area contributed by atoms with E-state index in [0.29, 0.717) is 37.7 Å². The molecular formula is C17H28N4O2. The van der Waals surface area contributed by atoms with E-state index in [9.17, 15) is 9.59 Å². The minimum atomic E-state index is -0.0725. The predicted molar refractivity (Wildman–Crippen MR) is 89.7 cm³/mol. The van der Waals surface area contributed by atoms with Gasteiger partial charge in [-0.3, -0.25) is 9.59 Å². The molecule has 0 atom stereocenters. The van der Waals surface area contributed by atoms with E-state index in [1.807, 2.05) is 32.3 Å². The number of fused-ring (bicyclic) bond motifs is 1. The summed E-state index contributed by atoms with van der Waals surface area (Å²) in [7, 11) is 0. The second-order valence-electron chi connectivity index (χ2n) is 5.79. The van der Waals surface area contributed by atoms with Gasteiger partial charge in [-0.2, -0.15) is 0 Å². The highest BCUT2D eigenvalue weighted by Gasteiger charge is 2.30. The van der Waals surface area contributed by atoms with Gasteiger partial charge in [-0.05, 0) is 47.0 Å². The first-order chi connectivity index (χ1) is 11.1. The number of carbonyl (C=O) groups is 2. The van der Waals surface area contributed by atoms with Gasteiger partial charge in [0.15, 0.2) is 5.82 Å². The van der Waals surface area contributed by atoms with Crippen molar-refractivity contribution in [3.63, 3.8) is 0 Å². The first-order valence-electron chi connectivity index (χ1n) is 8.76. The third kappa shape index (κ3) is 3.26. The molecule has 2 rings (SSSR count). The van der Waals surface area contributed by atoms with Crippen LogP contribution in [-0.4, -0.2) is 57.3 Å². The third-order valence-electron chi connectivity index (χ3n) is 4.61. The molecule has 0 radical (unpaired) electrons. The number of imidazole rings is 1. The number of hydrogen-bond donors (Lipinski definition) is 0. The van der Waals surface area contributed by atoms with Crippen molar-refractivity contribution < 1.29 is 9.59 Å². The Morgan fingerprint density at radius 3 is 2.09 bits per heavy atom. The maximum atomic E-state index is 12.7. The van der Waals surface area contributed by atoms with Gasteiger partial charge in [0.05, 0.1) is 5.69 Å². The zero-order valence-corrected chi connectivity index (χ0v) is 14.8. The van der Waals surface area contributed by atoms with Crippen molar-refractivity contribution in [2.75, 3.05) is 26.2 Å². The summed E-state index contributed by atoms with van der Waals surface area (Å²) in [6.45, 7) is 11.2. The molecule has 6 heteroatoms. The standard InChI is InChI=1S/C17H28N4O2/c1-5-19(6-2)16(22)14-13-11-9-10-12-21(13)15(18-14)17(23)20(7-3)8-4/h5-12H2,1-4H3. The minimum absolute atomic E-state index is 0.0563. The molecule has 1 aromatic heterocycles. The van der Waals surface area contributed by atoms with Crippen LogP contribution in [0.3, 0.4) is 0 Å². The van der Waals surface area contributed by atoms with Crippen LogP contribution in [0.15, 0.2) is 0 Å². The van der Waals surface area contributed by atoms with E-state index in [-0.39, 0.29) is 11.8 Å². The summed E-state index contributed by atoms with van der Waals surface area (Å²) in [4.78, 5) is 33.5. The molecular weight excluding hydrogens is 292 g/mol. The fourth-order valence-corrected chi connectivity index (χ4v) is 3.19. The van der Waals surface area contributed by atoms with E-state index in [1.165, 1.54) is 0 Å². The highest BCUT2D eigenvalue weighted by Crippen LogP contribution is 2.23. The summed E-state index contributed by atoms with van der Waals surface area (Å²) in [5.74, 6) is 0.301. The molecule has 6 nitrogen and oxygen atoms in total. The number of rotatable bonds is 6. The molecule has 0 spiro atoms. The van der Waals surface area contributed by atoms with Gasteiger partial charge < -0.3 is 14.4 Å². The minimum Gasteiger partial charge on any atom is -0.338 e. The lowest BCUT2D eigenvalue weighted by atomic mass is 10.1. The summed E-state index contributed by atoms with van der Waals surface area (Å²) < 4.78 is 1.97. The van der Waals surface area contributed by atoms with E-state index in [0.717, 1.165) is 31.5 Å². The first kappa shape index (κ1) is 17.5. The highest BCUT2D eigenvalue weighted by molar-refractivity contribution is 5.97. The topological polar surface area (TPSA) is 58.4 Å². The maximum Gasteiger partial charge on any atom is 0.289 e. The maximum absolute atomic E-state index is 12.7. The number of carbonyl (C=O) groups excluding carboxylic acids is 2. The zero-order chi connectivity index (χ0) is 17.0. The Morgan fingerprint density at radius 1 is 0.957 bits per heavy atom. The molecule has 0 saturated carbocycles. The van der Waals surface area contributed by atoms with Crippen LogP contribution in [0.2, 0.25) is 0 Å². The fraction of sp³-hybridized carbons (Fsp3) is 0.706. The molecule has 128 valence electrons. The lowest BCUT2D eigenvalue weighted by molar-refractivity contribution is 0.0754.